The molecular weight excluding hydrogens is 320 g/mol. The fourth-order valence-corrected chi connectivity index (χ4v) is 3.00. The van der Waals surface area contributed by atoms with Gasteiger partial charge in [-0.3, -0.25) is 9.69 Å². The van der Waals surface area contributed by atoms with Gasteiger partial charge in [0.15, 0.2) is 0 Å². The predicted octanol–water partition coefficient (Wildman–Crippen LogP) is 1.98. The van der Waals surface area contributed by atoms with Crippen LogP contribution >= 0.6 is 15.9 Å². The molecule has 2 rings (SSSR count). The fraction of sp³-hybridized carbons (Fsp3) is 0.533. The molecule has 1 fully saturated rings. The Morgan fingerprint density at radius 3 is 2.60 bits per heavy atom. The topological polar surface area (TPSA) is 43.8 Å². The predicted molar refractivity (Wildman–Crippen MR) is 82.8 cm³/mol. The summed E-state index contributed by atoms with van der Waals surface area (Å²) in [5, 5.41) is 9.33. The van der Waals surface area contributed by atoms with E-state index in [1.165, 1.54) is 0 Å². The lowest BCUT2D eigenvalue weighted by Crippen LogP contribution is -2.52. The molecule has 1 aliphatic rings. The van der Waals surface area contributed by atoms with Gasteiger partial charge in [0, 0.05) is 42.3 Å². The van der Waals surface area contributed by atoms with Crippen molar-refractivity contribution in [3.05, 3.63) is 34.3 Å². The Morgan fingerprint density at radius 2 is 2.05 bits per heavy atom. The van der Waals surface area contributed by atoms with E-state index in [0.29, 0.717) is 0 Å². The zero-order valence-corrected chi connectivity index (χ0v) is 13.3. The molecule has 0 aromatic heterocycles. The Bertz CT molecular complexity index is 455. The van der Waals surface area contributed by atoms with Gasteiger partial charge in [-0.1, -0.05) is 28.9 Å². The quantitative estimate of drug-likeness (QED) is 0.911. The van der Waals surface area contributed by atoms with E-state index < -0.39 is 0 Å². The molecule has 0 saturated carbocycles. The van der Waals surface area contributed by atoms with E-state index in [0.717, 1.165) is 42.6 Å². The molecule has 4 nitrogen and oxygen atoms in total. The number of hydrogen-bond acceptors (Lipinski definition) is 3. The lowest BCUT2D eigenvalue weighted by molar-refractivity contribution is 0.0472. The summed E-state index contributed by atoms with van der Waals surface area (Å²) < 4.78 is 0.924. The first-order valence-corrected chi connectivity index (χ1v) is 7.84. The Labute approximate surface area is 128 Å². The van der Waals surface area contributed by atoms with Crippen molar-refractivity contribution in [1.29, 1.82) is 0 Å². The molecule has 1 saturated heterocycles. The number of nitrogens with zero attached hydrogens (tertiary/aromatic N) is 2. The second-order valence-electron chi connectivity index (χ2n) is 5.08. The number of aliphatic hydroxyl groups is 1. The molecule has 1 N–H and O–H groups in total. The standard InChI is InChI=1S/C15H21BrN2O2/c1-2-14(11-19)17-6-8-18(9-7-17)15(20)12-4-3-5-13(16)10-12/h3-5,10,14,19H,2,6-9,11H2,1H3. The van der Waals surface area contributed by atoms with Crippen molar-refractivity contribution in [2.45, 2.75) is 19.4 Å². The molecule has 1 aliphatic heterocycles. The van der Waals surface area contributed by atoms with Crippen molar-refractivity contribution in [1.82, 2.24) is 9.80 Å². The molecule has 20 heavy (non-hydrogen) atoms. The summed E-state index contributed by atoms with van der Waals surface area (Å²) in [4.78, 5) is 16.6. The highest BCUT2D eigenvalue weighted by atomic mass is 79.9. The van der Waals surface area contributed by atoms with Crippen molar-refractivity contribution < 1.29 is 9.90 Å². The summed E-state index contributed by atoms with van der Waals surface area (Å²) in [6.45, 7) is 5.39. The van der Waals surface area contributed by atoms with Gasteiger partial charge in [-0.25, -0.2) is 0 Å². The second-order valence-corrected chi connectivity index (χ2v) is 6.00. The SMILES string of the molecule is CCC(CO)N1CCN(C(=O)c2cccc(Br)c2)CC1. The van der Waals surface area contributed by atoms with E-state index in [-0.39, 0.29) is 18.6 Å². The van der Waals surface area contributed by atoms with Crippen LogP contribution in [0.25, 0.3) is 0 Å². The Kier molecular flexibility index (Phi) is 5.57. The van der Waals surface area contributed by atoms with Gasteiger partial charge in [0.05, 0.1) is 6.61 Å². The average molecular weight is 341 g/mol. The van der Waals surface area contributed by atoms with Crippen molar-refractivity contribution in [2.75, 3.05) is 32.8 Å². The van der Waals surface area contributed by atoms with E-state index in [1.54, 1.807) is 0 Å². The third kappa shape index (κ3) is 3.59. The maximum absolute atomic E-state index is 12.4. The first-order valence-electron chi connectivity index (χ1n) is 7.05. The number of rotatable bonds is 4. The number of carbonyl (C=O) groups excluding carboxylic acids is 1. The lowest BCUT2D eigenvalue weighted by atomic mass is 10.1. The Hall–Kier alpha value is -0.910. The third-order valence-corrected chi connectivity index (χ3v) is 4.36. The van der Waals surface area contributed by atoms with Crippen molar-refractivity contribution in [3.8, 4) is 0 Å². The molecule has 1 aromatic carbocycles. The highest BCUT2D eigenvalue weighted by Gasteiger charge is 2.25. The molecule has 1 aromatic rings. The van der Waals surface area contributed by atoms with Crippen LogP contribution in [0.5, 0.6) is 0 Å². The zero-order chi connectivity index (χ0) is 14.5. The average Bonchev–Trinajstić information content (AvgIpc) is 2.48. The first kappa shape index (κ1) is 15.5. The first-order chi connectivity index (χ1) is 9.65. The summed E-state index contributed by atoms with van der Waals surface area (Å²) in [6, 6.07) is 7.73. The van der Waals surface area contributed by atoms with Crippen LogP contribution in [0.15, 0.2) is 28.7 Å². The van der Waals surface area contributed by atoms with Crippen LogP contribution in [0.4, 0.5) is 0 Å². The molecule has 0 spiro atoms. The molecule has 1 unspecified atom stereocenters. The van der Waals surface area contributed by atoms with Crippen LogP contribution in [-0.2, 0) is 0 Å². The van der Waals surface area contributed by atoms with Crippen molar-refractivity contribution in [3.63, 3.8) is 0 Å². The van der Waals surface area contributed by atoms with Crippen molar-refractivity contribution >= 4 is 21.8 Å². The van der Waals surface area contributed by atoms with E-state index >= 15 is 0 Å². The molecule has 5 heteroatoms. The van der Waals surface area contributed by atoms with Gasteiger partial charge in [-0.15, -0.1) is 0 Å². The van der Waals surface area contributed by atoms with E-state index in [9.17, 15) is 9.90 Å². The summed E-state index contributed by atoms with van der Waals surface area (Å²) in [7, 11) is 0. The lowest BCUT2D eigenvalue weighted by Gasteiger charge is -2.38. The maximum atomic E-state index is 12.4. The number of hydrogen-bond donors (Lipinski definition) is 1. The monoisotopic (exact) mass is 340 g/mol. The largest absolute Gasteiger partial charge is 0.395 e. The number of halogens is 1. The molecule has 110 valence electrons. The molecule has 1 heterocycles. The van der Waals surface area contributed by atoms with E-state index in [2.05, 4.69) is 27.8 Å². The molecule has 1 atom stereocenters. The van der Waals surface area contributed by atoms with Crippen LogP contribution in [0.3, 0.4) is 0 Å². The Balaban J connectivity index is 1.95. The van der Waals surface area contributed by atoms with Gasteiger partial charge in [0.2, 0.25) is 0 Å². The fourth-order valence-electron chi connectivity index (χ4n) is 2.60. The second kappa shape index (κ2) is 7.20. The maximum Gasteiger partial charge on any atom is 0.253 e. The number of amides is 1. The third-order valence-electron chi connectivity index (χ3n) is 3.87. The van der Waals surface area contributed by atoms with E-state index in [1.807, 2.05) is 29.2 Å². The number of aliphatic hydroxyl groups excluding tert-OH is 1. The number of benzene rings is 1. The van der Waals surface area contributed by atoms with Crippen LogP contribution < -0.4 is 0 Å². The van der Waals surface area contributed by atoms with Crippen LogP contribution in [0, 0.1) is 0 Å². The van der Waals surface area contributed by atoms with Crippen LogP contribution in [0.2, 0.25) is 0 Å². The minimum Gasteiger partial charge on any atom is -0.395 e. The highest BCUT2D eigenvalue weighted by Crippen LogP contribution is 2.15. The minimum absolute atomic E-state index is 0.0861. The van der Waals surface area contributed by atoms with E-state index in [4.69, 9.17) is 0 Å². The smallest absolute Gasteiger partial charge is 0.253 e. The molecular formula is C15H21BrN2O2. The molecule has 0 aliphatic carbocycles. The van der Waals surface area contributed by atoms with Gasteiger partial charge >= 0.3 is 0 Å². The highest BCUT2D eigenvalue weighted by molar-refractivity contribution is 9.10. The van der Waals surface area contributed by atoms with Gasteiger partial charge in [-0.05, 0) is 24.6 Å². The normalized spacial score (nSPS) is 18.1. The number of piperazine rings is 1. The molecule has 0 radical (unpaired) electrons. The zero-order valence-electron chi connectivity index (χ0n) is 11.8. The Morgan fingerprint density at radius 1 is 1.35 bits per heavy atom. The van der Waals surface area contributed by atoms with Crippen LogP contribution in [-0.4, -0.2) is 59.6 Å². The summed E-state index contributed by atoms with van der Waals surface area (Å²) in [5.74, 6) is 0.0861. The van der Waals surface area contributed by atoms with Gasteiger partial charge < -0.3 is 10.0 Å². The summed E-state index contributed by atoms with van der Waals surface area (Å²) in [5.41, 5.74) is 0.724. The summed E-state index contributed by atoms with van der Waals surface area (Å²) in [6.07, 6.45) is 0.941. The molecule has 0 bridgehead atoms. The summed E-state index contributed by atoms with van der Waals surface area (Å²) >= 11 is 3.40. The number of carbonyl (C=O) groups is 1. The van der Waals surface area contributed by atoms with Gasteiger partial charge in [-0.2, -0.15) is 0 Å². The molecule has 1 amide bonds. The van der Waals surface area contributed by atoms with Crippen LogP contribution in [0.1, 0.15) is 23.7 Å². The van der Waals surface area contributed by atoms with Gasteiger partial charge in [0.1, 0.15) is 0 Å². The minimum atomic E-state index is 0.0861. The van der Waals surface area contributed by atoms with Gasteiger partial charge in [0.25, 0.3) is 5.91 Å². The van der Waals surface area contributed by atoms with Crippen molar-refractivity contribution in [2.24, 2.45) is 0 Å².